The van der Waals surface area contributed by atoms with E-state index in [1.165, 1.54) is 17.7 Å². The molecule has 5 nitrogen and oxygen atoms in total. The van der Waals surface area contributed by atoms with E-state index in [0.717, 1.165) is 37.1 Å². The third-order valence-corrected chi connectivity index (χ3v) is 6.40. The molecule has 0 saturated carbocycles. The minimum Gasteiger partial charge on any atom is -0.440 e. The van der Waals surface area contributed by atoms with E-state index in [2.05, 4.69) is 40.9 Å². The number of carbonyl (C=O) groups is 1. The lowest BCUT2D eigenvalue weighted by Crippen LogP contribution is -2.52. The summed E-state index contributed by atoms with van der Waals surface area (Å²) < 4.78 is 47.3. The molecule has 0 bridgehead atoms. The molecule has 2 aliphatic rings. The highest BCUT2D eigenvalue weighted by molar-refractivity contribution is 5.72. The number of carbonyl (C=O) groups excluding carboxylic acids is 1. The summed E-state index contributed by atoms with van der Waals surface area (Å²) in [5.41, 5.74) is 2.44. The van der Waals surface area contributed by atoms with Crippen molar-refractivity contribution in [1.29, 1.82) is 0 Å². The van der Waals surface area contributed by atoms with Crippen molar-refractivity contribution in [3.05, 3.63) is 65.2 Å². The monoisotopic (exact) mass is 448 g/mol. The molecule has 0 radical (unpaired) electrons. The summed E-state index contributed by atoms with van der Waals surface area (Å²) >= 11 is 0. The Hall–Kier alpha value is -2.74. The Bertz CT molecular complexity index is 936. The molecule has 2 aromatic carbocycles. The van der Waals surface area contributed by atoms with Gasteiger partial charge in [-0.25, -0.2) is 4.79 Å². The van der Waals surface area contributed by atoms with Gasteiger partial charge in [0.2, 0.25) is 0 Å². The number of hydrogen-bond acceptors (Lipinski definition) is 4. The summed E-state index contributed by atoms with van der Waals surface area (Å²) in [6.45, 7) is 3.98. The fraction of sp³-hybridized carbons (Fsp3) is 0.458. The van der Waals surface area contributed by atoms with Crippen LogP contribution < -0.4 is 4.74 Å². The Morgan fingerprint density at radius 2 is 1.62 bits per heavy atom. The first-order chi connectivity index (χ1) is 15.1. The molecule has 1 unspecified atom stereocenters. The van der Waals surface area contributed by atoms with Gasteiger partial charge >= 0.3 is 12.5 Å². The average molecular weight is 448 g/mol. The van der Waals surface area contributed by atoms with Crippen LogP contribution in [-0.4, -0.2) is 54.0 Å². The number of rotatable bonds is 5. The molecule has 8 heteroatoms. The molecule has 1 spiro atoms. The number of ether oxygens (including phenoxy) is 2. The fourth-order valence-electron chi connectivity index (χ4n) is 4.56. The van der Waals surface area contributed by atoms with Crippen molar-refractivity contribution in [2.75, 3.05) is 20.1 Å². The Morgan fingerprint density at radius 1 is 1.03 bits per heavy atom. The van der Waals surface area contributed by atoms with E-state index in [9.17, 15) is 18.0 Å². The van der Waals surface area contributed by atoms with Gasteiger partial charge in [0.25, 0.3) is 0 Å². The molecule has 2 heterocycles. The van der Waals surface area contributed by atoms with Gasteiger partial charge in [0.15, 0.2) is 0 Å². The maximum absolute atomic E-state index is 13.0. The van der Waals surface area contributed by atoms with Crippen molar-refractivity contribution in [3.8, 4) is 5.75 Å². The molecule has 2 aliphatic heterocycles. The second-order valence-corrected chi connectivity index (χ2v) is 8.76. The smallest absolute Gasteiger partial charge is 0.440 e. The Balaban J connectivity index is 1.57. The van der Waals surface area contributed by atoms with Crippen LogP contribution in [0.5, 0.6) is 5.75 Å². The molecule has 4 rings (SSSR count). The first-order valence-electron chi connectivity index (χ1n) is 10.7. The number of halogens is 3. The van der Waals surface area contributed by atoms with Gasteiger partial charge in [0, 0.05) is 32.5 Å². The minimum atomic E-state index is -4.74. The van der Waals surface area contributed by atoms with Crippen molar-refractivity contribution in [1.82, 2.24) is 9.80 Å². The second kappa shape index (κ2) is 8.65. The summed E-state index contributed by atoms with van der Waals surface area (Å²) in [5.74, 6) is -0.284. The molecule has 1 atom stereocenters. The SMILES string of the molecule is Cc1ccc(CC2N(Cc3ccc(OC(F)(F)F)cc3)C(=O)OC23CCN(C)CC3)cc1. The molecule has 0 N–H and O–H groups in total. The summed E-state index contributed by atoms with van der Waals surface area (Å²) in [6, 6.07) is 13.7. The summed E-state index contributed by atoms with van der Waals surface area (Å²) in [6.07, 6.45) is -2.95. The molecule has 2 aromatic rings. The molecule has 2 fully saturated rings. The number of benzene rings is 2. The van der Waals surface area contributed by atoms with Gasteiger partial charge in [-0.3, -0.25) is 4.90 Å². The fourth-order valence-corrected chi connectivity index (χ4v) is 4.56. The zero-order chi connectivity index (χ0) is 22.9. The van der Waals surface area contributed by atoms with Crippen LogP contribution in [0, 0.1) is 6.92 Å². The maximum Gasteiger partial charge on any atom is 0.573 e. The molecule has 172 valence electrons. The van der Waals surface area contributed by atoms with Crippen molar-refractivity contribution in [2.24, 2.45) is 0 Å². The van der Waals surface area contributed by atoms with E-state index >= 15 is 0 Å². The lowest BCUT2D eigenvalue weighted by Gasteiger charge is -2.40. The standard InChI is InChI=1S/C24H27F3N2O3/c1-17-3-5-18(6-4-17)15-21-23(11-13-28(2)14-12-23)32-22(30)29(21)16-19-7-9-20(10-8-19)31-24(25,26)27/h3-10,21H,11-16H2,1-2H3. The molecule has 0 aromatic heterocycles. The van der Waals surface area contributed by atoms with Crippen molar-refractivity contribution in [3.63, 3.8) is 0 Å². The normalized spacial score (nSPS) is 21.1. The first-order valence-corrected chi connectivity index (χ1v) is 10.7. The lowest BCUT2D eigenvalue weighted by molar-refractivity contribution is -0.274. The summed E-state index contributed by atoms with van der Waals surface area (Å²) in [7, 11) is 2.06. The van der Waals surface area contributed by atoms with Crippen LogP contribution in [0.3, 0.4) is 0 Å². The van der Waals surface area contributed by atoms with Gasteiger partial charge in [-0.1, -0.05) is 42.0 Å². The predicted molar refractivity (Wildman–Crippen MR) is 113 cm³/mol. The highest BCUT2D eigenvalue weighted by Gasteiger charge is 2.54. The van der Waals surface area contributed by atoms with Crippen LogP contribution in [0.4, 0.5) is 18.0 Å². The van der Waals surface area contributed by atoms with E-state index < -0.39 is 12.0 Å². The van der Waals surface area contributed by atoms with Crippen molar-refractivity contribution in [2.45, 2.75) is 50.7 Å². The van der Waals surface area contributed by atoms with Crippen molar-refractivity contribution < 1.29 is 27.4 Å². The molecule has 2 saturated heterocycles. The van der Waals surface area contributed by atoms with Crippen molar-refractivity contribution >= 4 is 6.09 Å². The number of alkyl halides is 3. The third-order valence-electron chi connectivity index (χ3n) is 6.40. The Morgan fingerprint density at radius 3 is 2.22 bits per heavy atom. The van der Waals surface area contributed by atoms with E-state index in [1.54, 1.807) is 17.0 Å². The molecule has 1 amide bonds. The molecular formula is C24H27F3N2O3. The van der Waals surface area contributed by atoms with Crippen LogP contribution in [0.1, 0.15) is 29.5 Å². The summed E-state index contributed by atoms with van der Waals surface area (Å²) in [5, 5.41) is 0. The predicted octanol–water partition coefficient (Wildman–Crippen LogP) is 4.92. The van der Waals surface area contributed by atoms with Gasteiger partial charge < -0.3 is 14.4 Å². The van der Waals surface area contributed by atoms with Crippen LogP contribution in [0.25, 0.3) is 0 Å². The summed E-state index contributed by atoms with van der Waals surface area (Å²) in [4.78, 5) is 16.9. The highest BCUT2D eigenvalue weighted by atomic mass is 19.4. The number of likely N-dealkylation sites (tertiary alicyclic amines) is 1. The second-order valence-electron chi connectivity index (χ2n) is 8.76. The average Bonchev–Trinajstić information content (AvgIpc) is 2.97. The first kappa shape index (κ1) is 22.5. The van der Waals surface area contributed by atoms with Gasteiger partial charge in [-0.2, -0.15) is 0 Å². The number of nitrogens with zero attached hydrogens (tertiary/aromatic N) is 2. The van der Waals surface area contributed by atoms with Crippen LogP contribution >= 0.6 is 0 Å². The van der Waals surface area contributed by atoms with Crippen LogP contribution in [0.2, 0.25) is 0 Å². The minimum absolute atomic E-state index is 0.155. The van der Waals surface area contributed by atoms with E-state index in [-0.39, 0.29) is 24.4 Å². The van der Waals surface area contributed by atoms with E-state index in [1.807, 2.05) is 6.92 Å². The number of hydrogen-bond donors (Lipinski definition) is 0. The van der Waals surface area contributed by atoms with Crippen LogP contribution in [0.15, 0.2) is 48.5 Å². The molecule has 32 heavy (non-hydrogen) atoms. The largest absolute Gasteiger partial charge is 0.573 e. The topological polar surface area (TPSA) is 42.0 Å². The number of amides is 1. The van der Waals surface area contributed by atoms with Gasteiger partial charge in [-0.05, 0) is 43.7 Å². The zero-order valence-corrected chi connectivity index (χ0v) is 18.2. The quantitative estimate of drug-likeness (QED) is 0.651. The molecule has 0 aliphatic carbocycles. The van der Waals surface area contributed by atoms with Gasteiger partial charge in [0.1, 0.15) is 11.4 Å². The Kier molecular flexibility index (Phi) is 6.07. The highest BCUT2D eigenvalue weighted by Crippen LogP contribution is 2.41. The maximum atomic E-state index is 13.0. The lowest BCUT2D eigenvalue weighted by atomic mass is 9.81. The zero-order valence-electron chi connectivity index (χ0n) is 18.2. The van der Waals surface area contributed by atoms with E-state index in [0.29, 0.717) is 6.42 Å². The number of piperidine rings is 1. The van der Waals surface area contributed by atoms with Gasteiger partial charge in [-0.15, -0.1) is 13.2 Å². The van der Waals surface area contributed by atoms with E-state index in [4.69, 9.17) is 4.74 Å². The van der Waals surface area contributed by atoms with Gasteiger partial charge in [0.05, 0.1) is 6.04 Å². The number of aryl methyl sites for hydroxylation is 1. The Labute approximate surface area is 185 Å². The third kappa shape index (κ3) is 5.01. The van der Waals surface area contributed by atoms with Crippen LogP contribution in [-0.2, 0) is 17.7 Å². The molecular weight excluding hydrogens is 421 g/mol.